The third-order valence-electron chi connectivity index (χ3n) is 7.75. The molecule has 0 aliphatic rings. The van der Waals surface area contributed by atoms with Crippen LogP contribution in [0.15, 0.2) is 79.0 Å². The minimum atomic E-state index is -0.712. The molecule has 2 aromatic heterocycles. The highest BCUT2D eigenvalue weighted by Crippen LogP contribution is 2.33. The number of ether oxygens (including phenoxy) is 5. The Kier molecular flexibility index (Phi) is 12.1. The number of anilines is 2. The number of carbonyl (C=O) groups excluding carboxylic acids is 3. The average Bonchev–Trinajstić information content (AvgIpc) is 3.57. The van der Waals surface area contributed by atoms with E-state index in [-0.39, 0.29) is 37.5 Å². The Morgan fingerprint density at radius 1 is 0.769 bits per heavy atom. The number of hydrogen-bond acceptors (Lipinski definition) is 12. The first kappa shape index (κ1) is 37.7. The minimum absolute atomic E-state index is 0.0275. The molecule has 0 saturated carbocycles. The van der Waals surface area contributed by atoms with Gasteiger partial charge in [-0.15, -0.1) is 11.3 Å². The van der Waals surface area contributed by atoms with Gasteiger partial charge in [-0.2, -0.15) is 0 Å². The Morgan fingerprint density at radius 3 is 2.12 bits per heavy atom. The molecule has 0 N–H and O–H groups in total. The van der Waals surface area contributed by atoms with Crippen molar-refractivity contribution in [3.8, 4) is 27.4 Å². The molecule has 2 heterocycles. The average molecular weight is 727 g/mol. The SMILES string of the molecule is COC(=O)c1ccc(OCCOCCN(C(=O)OC(C)(C)C)c2ccc(-c3ccc(-c4nc5ccc(N(C)C)cc5s4)cc3)cn2)cc1C(=O)OC. The van der Waals surface area contributed by atoms with Crippen LogP contribution in [0.1, 0.15) is 41.5 Å². The van der Waals surface area contributed by atoms with Crippen molar-refractivity contribution in [2.24, 2.45) is 0 Å². The van der Waals surface area contributed by atoms with E-state index in [1.54, 1.807) is 50.4 Å². The molecule has 12 nitrogen and oxygen atoms in total. The minimum Gasteiger partial charge on any atom is -0.491 e. The summed E-state index contributed by atoms with van der Waals surface area (Å²) in [7, 11) is 6.50. The molecule has 0 unspecified atom stereocenters. The van der Waals surface area contributed by atoms with Crippen molar-refractivity contribution in [2.75, 3.05) is 64.5 Å². The molecule has 0 fully saturated rings. The van der Waals surface area contributed by atoms with E-state index < -0.39 is 23.6 Å². The highest BCUT2D eigenvalue weighted by atomic mass is 32.1. The van der Waals surface area contributed by atoms with Crippen LogP contribution in [-0.4, -0.2) is 88.3 Å². The molecule has 1 amide bonds. The van der Waals surface area contributed by atoms with Crippen LogP contribution in [-0.2, 0) is 18.9 Å². The summed E-state index contributed by atoms with van der Waals surface area (Å²) in [6.45, 7) is 6.08. The van der Waals surface area contributed by atoms with E-state index in [1.165, 1.54) is 31.3 Å². The summed E-state index contributed by atoms with van der Waals surface area (Å²) in [5, 5.41) is 0.953. The van der Waals surface area contributed by atoms with Gasteiger partial charge in [0.25, 0.3) is 0 Å². The fourth-order valence-corrected chi connectivity index (χ4v) is 6.11. The van der Waals surface area contributed by atoms with E-state index in [1.807, 2.05) is 38.4 Å². The second-order valence-corrected chi connectivity index (χ2v) is 13.9. The van der Waals surface area contributed by atoms with Gasteiger partial charge in [0.05, 0.1) is 55.3 Å². The van der Waals surface area contributed by atoms with Gasteiger partial charge in [0.1, 0.15) is 28.8 Å². The lowest BCUT2D eigenvalue weighted by atomic mass is 10.1. The molecule has 0 radical (unpaired) electrons. The Morgan fingerprint density at radius 2 is 1.46 bits per heavy atom. The number of esters is 2. The Balaban J connectivity index is 1.20. The maximum atomic E-state index is 13.2. The number of amides is 1. The smallest absolute Gasteiger partial charge is 0.416 e. The van der Waals surface area contributed by atoms with Crippen LogP contribution < -0.4 is 14.5 Å². The fourth-order valence-electron chi connectivity index (χ4n) is 5.11. The second-order valence-electron chi connectivity index (χ2n) is 12.8. The number of fused-ring (bicyclic) bond motifs is 1. The molecule has 0 saturated heterocycles. The summed E-state index contributed by atoms with van der Waals surface area (Å²) in [6, 6.07) is 22.5. The van der Waals surface area contributed by atoms with E-state index in [0.29, 0.717) is 11.6 Å². The van der Waals surface area contributed by atoms with E-state index >= 15 is 0 Å². The molecule has 3 aromatic carbocycles. The number of thiazole rings is 1. The maximum Gasteiger partial charge on any atom is 0.416 e. The topological polar surface area (TPSA) is 130 Å². The van der Waals surface area contributed by atoms with Crippen LogP contribution in [0.25, 0.3) is 31.9 Å². The first-order valence-electron chi connectivity index (χ1n) is 16.5. The van der Waals surface area contributed by atoms with Crippen LogP contribution in [0.3, 0.4) is 0 Å². The third kappa shape index (κ3) is 9.42. The van der Waals surface area contributed by atoms with E-state index in [0.717, 1.165) is 37.6 Å². The predicted molar refractivity (Wildman–Crippen MR) is 202 cm³/mol. The number of methoxy groups -OCH3 is 2. The standard InChI is InChI=1S/C39H42N4O8S/c1-39(2,3)51-38(46)43(18-19-49-20-21-50-29-14-15-30(36(44)47-6)31(23-29)37(45)48-7)34-17-12-27(24-40-34)25-8-10-26(11-9-25)35-41-32-16-13-28(42(4)5)22-33(32)52-35/h8-17,22-24H,18-21H2,1-7H3. The van der Waals surface area contributed by atoms with Gasteiger partial charge in [-0.3, -0.25) is 4.90 Å². The fraction of sp³-hybridized carbons (Fsp3) is 0.308. The van der Waals surface area contributed by atoms with Gasteiger partial charge in [0.15, 0.2) is 0 Å². The quantitative estimate of drug-likeness (QED) is 0.0679. The molecule has 0 atom stereocenters. The molecule has 0 spiro atoms. The van der Waals surface area contributed by atoms with Crippen molar-refractivity contribution in [1.82, 2.24) is 9.97 Å². The number of pyridine rings is 1. The van der Waals surface area contributed by atoms with Crippen molar-refractivity contribution in [1.29, 1.82) is 0 Å². The number of nitrogens with zero attached hydrogens (tertiary/aromatic N) is 4. The van der Waals surface area contributed by atoms with Gasteiger partial charge in [-0.1, -0.05) is 24.3 Å². The highest BCUT2D eigenvalue weighted by molar-refractivity contribution is 7.21. The lowest BCUT2D eigenvalue weighted by molar-refractivity contribution is 0.0547. The van der Waals surface area contributed by atoms with Crippen molar-refractivity contribution < 1.29 is 38.1 Å². The summed E-state index contributed by atoms with van der Waals surface area (Å²) < 4.78 is 27.8. The third-order valence-corrected chi connectivity index (χ3v) is 8.82. The zero-order valence-corrected chi connectivity index (χ0v) is 31.1. The molecule has 5 aromatic rings. The first-order valence-corrected chi connectivity index (χ1v) is 17.3. The number of aromatic nitrogens is 2. The number of benzene rings is 3. The Bertz CT molecular complexity index is 2020. The van der Waals surface area contributed by atoms with Crippen LogP contribution in [0.2, 0.25) is 0 Å². The molecule has 0 aliphatic carbocycles. The summed E-state index contributed by atoms with van der Waals surface area (Å²) in [5.41, 5.74) is 4.39. The van der Waals surface area contributed by atoms with Crippen LogP contribution in [0.4, 0.5) is 16.3 Å². The molecular weight excluding hydrogens is 685 g/mol. The molecule has 0 aliphatic heterocycles. The normalized spacial score (nSPS) is 11.2. The van der Waals surface area contributed by atoms with Gasteiger partial charge in [-0.25, -0.2) is 24.4 Å². The molecule has 0 bridgehead atoms. The summed E-state index contributed by atoms with van der Waals surface area (Å²) in [5.74, 6) is -0.588. The zero-order valence-electron chi connectivity index (χ0n) is 30.3. The number of carbonyl (C=O) groups is 3. The first-order chi connectivity index (χ1) is 24.9. The predicted octanol–water partition coefficient (Wildman–Crippen LogP) is 7.50. The van der Waals surface area contributed by atoms with Crippen LogP contribution >= 0.6 is 11.3 Å². The summed E-state index contributed by atoms with van der Waals surface area (Å²) in [4.78, 5) is 50.4. The van der Waals surface area contributed by atoms with Gasteiger partial charge in [-0.05, 0) is 74.9 Å². The zero-order chi connectivity index (χ0) is 37.4. The summed E-state index contributed by atoms with van der Waals surface area (Å²) in [6.07, 6.45) is 1.18. The van der Waals surface area contributed by atoms with Crippen molar-refractivity contribution in [3.05, 3.63) is 90.1 Å². The lowest BCUT2D eigenvalue weighted by Gasteiger charge is -2.27. The molecule has 272 valence electrons. The number of rotatable bonds is 13. The highest BCUT2D eigenvalue weighted by Gasteiger charge is 2.24. The van der Waals surface area contributed by atoms with Crippen LogP contribution in [0.5, 0.6) is 5.75 Å². The van der Waals surface area contributed by atoms with E-state index in [2.05, 4.69) is 34.1 Å². The number of hydrogen-bond donors (Lipinski definition) is 0. The maximum absolute atomic E-state index is 13.2. The van der Waals surface area contributed by atoms with E-state index in [4.69, 9.17) is 28.7 Å². The van der Waals surface area contributed by atoms with Crippen molar-refractivity contribution in [3.63, 3.8) is 0 Å². The van der Waals surface area contributed by atoms with Crippen LogP contribution in [0, 0.1) is 0 Å². The van der Waals surface area contributed by atoms with Gasteiger partial charge in [0, 0.05) is 37.1 Å². The Labute approximate surface area is 306 Å². The molecule has 52 heavy (non-hydrogen) atoms. The molecule has 13 heteroatoms. The van der Waals surface area contributed by atoms with Gasteiger partial charge in [0.2, 0.25) is 0 Å². The van der Waals surface area contributed by atoms with Gasteiger partial charge < -0.3 is 28.6 Å². The lowest BCUT2D eigenvalue weighted by Crippen LogP contribution is -2.39. The van der Waals surface area contributed by atoms with E-state index in [9.17, 15) is 14.4 Å². The molecule has 5 rings (SSSR count). The van der Waals surface area contributed by atoms with Crippen molar-refractivity contribution >= 4 is 51.1 Å². The second kappa shape index (κ2) is 16.7. The van der Waals surface area contributed by atoms with Gasteiger partial charge >= 0.3 is 18.0 Å². The monoisotopic (exact) mass is 726 g/mol. The molecular formula is C39H42N4O8S. The Hall–Kier alpha value is -5.53. The largest absolute Gasteiger partial charge is 0.491 e. The van der Waals surface area contributed by atoms with Crippen molar-refractivity contribution in [2.45, 2.75) is 26.4 Å². The summed E-state index contributed by atoms with van der Waals surface area (Å²) >= 11 is 1.66.